The number of rotatable bonds is 3. The molecule has 0 aliphatic heterocycles. The highest BCUT2D eigenvalue weighted by molar-refractivity contribution is 7.92. The Labute approximate surface area is 128 Å². The summed E-state index contributed by atoms with van der Waals surface area (Å²) in [6.45, 7) is 5.52. The molecule has 8 heteroatoms. The van der Waals surface area contributed by atoms with Gasteiger partial charge < -0.3 is 0 Å². The summed E-state index contributed by atoms with van der Waals surface area (Å²) in [5, 5.41) is 4.18. The number of benzene rings is 1. The Morgan fingerprint density at radius 1 is 1.18 bits per heavy atom. The zero-order valence-electron chi connectivity index (χ0n) is 12.7. The SMILES string of the molecule is Cn1cc(S(=O)(=O)Nc2ccc(F)c(F)c2)c(C(C)(C)C)n1. The Morgan fingerprint density at radius 2 is 1.82 bits per heavy atom. The van der Waals surface area contributed by atoms with Crippen LogP contribution in [0.4, 0.5) is 14.5 Å². The second-order valence-electron chi connectivity index (χ2n) is 6.00. The van der Waals surface area contributed by atoms with Crippen LogP contribution in [0.2, 0.25) is 0 Å². The highest BCUT2D eigenvalue weighted by Crippen LogP contribution is 2.28. The van der Waals surface area contributed by atoms with Crippen molar-refractivity contribution in [2.75, 3.05) is 4.72 Å². The van der Waals surface area contributed by atoms with E-state index in [1.807, 2.05) is 20.8 Å². The standard InChI is InChI=1S/C14H17F2N3O2S/c1-14(2,3)13-12(8-19(4)17-13)22(20,21)18-9-5-6-10(15)11(16)7-9/h5-8,18H,1-4H3. The van der Waals surface area contributed by atoms with Crippen LogP contribution in [-0.4, -0.2) is 18.2 Å². The van der Waals surface area contributed by atoms with Gasteiger partial charge in [0.1, 0.15) is 4.90 Å². The third kappa shape index (κ3) is 3.27. The van der Waals surface area contributed by atoms with Crippen molar-refractivity contribution in [1.82, 2.24) is 9.78 Å². The molecule has 120 valence electrons. The molecule has 0 bridgehead atoms. The third-order valence-electron chi connectivity index (χ3n) is 2.97. The molecule has 0 unspecified atom stereocenters. The van der Waals surface area contributed by atoms with Gasteiger partial charge in [-0.2, -0.15) is 5.10 Å². The lowest BCUT2D eigenvalue weighted by atomic mass is 9.92. The molecule has 0 saturated carbocycles. The molecule has 0 amide bonds. The zero-order valence-corrected chi connectivity index (χ0v) is 13.5. The average Bonchev–Trinajstić information content (AvgIpc) is 2.76. The Kier molecular flexibility index (Phi) is 3.99. The van der Waals surface area contributed by atoms with E-state index in [2.05, 4.69) is 9.82 Å². The van der Waals surface area contributed by atoms with Gasteiger partial charge >= 0.3 is 0 Å². The first-order valence-corrected chi connectivity index (χ1v) is 8.01. The molecule has 0 spiro atoms. The fourth-order valence-corrected chi connectivity index (χ4v) is 3.39. The van der Waals surface area contributed by atoms with Crippen LogP contribution in [0.15, 0.2) is 29.3 Å². The molecule has 2 rings (SSSR count). The van der Waals surface area contributed by atoms with E-state index in [9.17, 15) is 17.2 Å². The van der Waals surface area contributed by atoms with Crippen LogP contribution in [0.5, 0.6) is 0 Å². The first-order valence-electron chi connectivity index (χ1n) is 6.53. The Balaban J connectivity index is 2.45. The number of aryl methyl sites for hydroxylation is 1. The van der Waals surface area contributed by atoms with Crippen molar-refractivity contribution in [2.45, 2.75) is 31.1 Å². The van der Waals surface area contributed by atoms with Crippen molar-refractivity contribution in [3.8, 4) is 0 Å². The number of nitrogens with one attached hydrogen (secondary N) is 1. The monoisotopic (exact) mass is 329 g/mol. The largest absolute Gasteiger partial charge is 0.279 e. The molecule has 0 radical (unpaired) electrons. The summed E-state index contributed by atoms with van der Waals surface area (Å²) >= 11 is 0. The number of nitrogens with zero attached hydrogens (tertiary/aromatic N) is 2. The minimum atomic E-state index is -3.96. The fourth-order valence-electron chi connectivity index (χ4n) is 1.95. The lowest BCUT2D eigenvalue weighted by Crippen LogP contribution is -2.20. The van der Waals surface area contributed by atoms with Crippen LogP contribution in [0.1, 0.15) is 26.5 Å². The Morgan fingerprint density at radius 3 is 2.36 bits per heavy atom. The van der Waals surface area contributed by atoms with E-state index in [-0.39, 0.29) is 10.6 Å². The van der Waals surface area contributed by atoms with Crippen molar-refractivity contribution >= 4 is 15.7 Å². The van der Waals surface area contributed by atoms with Crippen LogP contribution in [0.3, 0.4) is 0 Å². The second kappa shape index (κ2) is 5.35. The van der Waals surface area contributed by atoms with Crippen molar-refractivity contribution < 1.29 is 17.2 Å². The van der Waals surface area contributed by atoms with Crippen LogP contribution < -0.4 is 4.72 Å². The summed E-state index contributed by atoms with van der Waals surface area (Å²) < 4.78 is 54.8. The average molecular weight is 329 g/mol. The fraction of sp³-hybridized carbons (Fsp3) is 0.357. The maximum Gasteiger partial charge on any atom is 0.265 e. The van der Waals surface area contributed by atoms with Gasteiger partial charge in [-0.3, -0.25) is 9.40 Å². The number of halogens is 2. The molecule has 0 aliphatic rings. The summed E-state index contributed by atoms with van der Waals surface area (Å²) in [6, 6.07) is 2.81. The highest BCUT2D eigenvalue weighted by atomic mass is 32.2. The lowest BCUT2D eigenvalue weighted by Gasteiger charge is -2.17. The predicted octanol–water partition coefficient (Wildman–Crippen LogP) is 2.80. The quantitative estimate of drug-likeness (QED) is 0.942. The Hall–Kier alpha value is -1.96. The molecule has 1 aromatic carbocycles. The minimum absolute atomic E-state index is 0.00670. The summed E-state index contributed by atoms with van der Waals surface area (Å²) in [7, 11) is -2.34. The van der Waals surface area contributed by atoms with Gasteiger partial charge in [0.15, 0.2) is 11.6 Å². The molecule has 1 aromatic heterocycles. The van der Waals surface area contributed by atoms with Gasteiger partial charge in [0.05, 0.1) is 11.4 Å². The lowest BCUT2D eigenvalue weighted by molar-refractivity contribution is 0.509. The van der Waals surface area contributed by atoms with E-state index in [0.29, 0.717) is 5.69 Å². The first kappa shape index (κ1) is 16.4. The number of anilines is 1. The number of hydrogen-bond acceptors (Lipinski definition) is 3. The molecule has 5 nitrogen and oxygen atoms in total. The Bertz CT molecular complexity index is 808. The molecule has 1 heterocycles. The predicted molar refractivity (Wildman–Crippen MR) is 79.1 cm³/mol. The summed E-state index contributed by atoms with van der Waals surface area (Å²) in [5.41, 5.74) is -0.146. The van der Waals surface area contributed by atoms with Gasteiger partial charge in [-0.25, -0.2) is 17.2 Å². The molecule has 0 atom stereocenters. The van der Waals surface area contributed by atoms with Gasteiger partial charge in [-0.05, 0) is 12.1 Å². The molecule has 22 heavy (non-hydrogen) atoms. The molecule has 0 fully saturated rings. The smallest absolute Gasteiger partial charge is 0.265 e. The van der Waals surface area contributed by atoms with E-state index in [1.165, 1.54) is 10.9 Å². The second-order valence-corrected chi connectivity index (χ2v) is 7.65. The van der Waals surface area contributed by atoms with Crippen molar-refractivity contribution in [1.29, 1.82) is 0 Å². The van der Waals surface area contributed by atoms with Crippen molar-refractivity contribution in [3.05, 3.63) is 41.7 Å². The zero-order chi connectivity index (χ0) is 16.7. The molecule has 2 aromatic rings. The normalized spacial score (nSPS) is 12.5. The van der Waals surface area contributed by atoms with Gasteiger partial charge in [0.25, 0.3) is 10.0 Å². The maximum absolute atomic E-state index is 13.2. The van der Waals surface area contributed by atoms with Crippen molar-refractivity contribution in [2.24, 2.45) is 7.05 Å². The van der Waals surface area contributed by atoms with Crippen LogP contribution in [-0.2, 0) is 22.5 Å². The number of sulfonamides is 1. The molecular weight excluding hydrogens is 312 g/mol. The van der Waals surface area contributed by atoms with Crippen LogP contribution in [0, 0.1) is 11.6 Å². The number of hydrogen-bond donors (Lipinski definition) is 1. The van der Waals surface area contributed by atoms with Gasteiger partial charge in [0.2, 0.25) is 0 Å². The summed E-state index contributed by atoms with van der Waals surface area (Å²) in [4.78, 5) is 0.00670. The molecule has 1 N–H and O–H groups in total. The van der Waals surface area contributed by atoms with Gasteiger partial charge in [0, 0.05) is 24.7 Å². The van der Waals surface area contributed by atoms with E-state index >= 15 is 0 Å². The third-order valence-corrected chi connectivity index (χ3v) is 4.35. The summed E-state index contributed by atoms with van der Waals surface area (Å²) in [5.74, 6) is -2.16. The number of aromatic nitrogens is 2. The van der Waals surface area contributed by atoms with Crippen LogP contribution in [0.25, 0.3) is 0 Å². The molecule has 0 aliphatic carbocycles. The first-order chi connectivity index (χ1) is 10.0. The van der Waals surface area contributed by atoms with Crippen LogP contribution >= 0.6 is 0 Å². The van der Waals surface area contributed by atoms with Gasteiger partial charge in [-0.15, -0.1) is 0 Å². The maximum atomic E-state index is 13.2. The van der Waals surface area contributed by atoms with Gasteiger partial charge in [-0.1, -0.05) is 20.8 Å². The minimum Gasteiger partial charge on any atom is -0.279 e. The molecular formula is C14H17F2N3O2S. The van der Waals surface area contributed by atoms with Crippen molar-refractivity contribution in [3.63, 3.8) is 0 Å². The summed E-state index contributed by atoms with van der Waals surface area (Å²) in [6.07, 6.45) is 1.38. The van der Waals surface area contributed by atoms with E-state index in [1.54, 1.807) is 7.05 Å². The van der Waals surface area contributed by atoms with E-state index in [4.69, 9.17) is 0 Å². The van der Waals surface area contributed by atoms with E-state index in [0.717, 1.165) is 18.2 Å². The van der Waals surface area contributed by atoms with E-state index < -0.39 is 27.1 Å². The molecule has 0 saturated heterocycles. The highest BCUT2D eigenvalue weighted by Gasteiger charge is 2.29. The topological polar surface area (TPSA) is 64.0 Å².